The Morgan fingerprint density at radius 2 is 1.29 bits per heavy atom. The van der Waals surface area contributed by atoms with Gasteiger partial charge in [0.15, 0.2) is 11.5 Å². The summed E-state index contributed by atoms with van der Waals surface area (Å²) < 4.78 is 64.1. The first kappa shape index (κ1) is 25.1. The van der Waals surface area contributed by atoms with E-state index in [-0.39, 0.29) is 16.3 Å². The maximum atomic E-state index is 12.9. The molecule has 8 nitrogen and oxygen atoms in total. The van der Waals surface area contributed by atoms with Crippen LogP contribution in [0.2, 0.25) is 0 Å². The predicted molar refractivity (Wildman–Crippen MR) is 120 cm³/mol. The fourth-order valence-electron chi connectivity index (χ4n) is 3.12. The van der Waals surface area contributed by atoms with Crippen molar-refractivity contribution in [3.8, 4) is 11.5 Å². The van der Waals surface area contributed by atoms with Gasteiger partial charge in [0.05, 0.1) is 24.0 Å². The molecule has 0 aromatic heterocycles. The molecule has 0 aliphatic carbocycles. The number of benzene rings is 2. The SMILES string of the molecule is CCN(CC)S(=O)(=O)c1ccc(S(=O)(=O)N(C)CCc2ccc(OC)c(OC)c2)cc1. The number of hydrogen-bond acceptors (Lipinski definition) is 6. The van der Waals surface area contributed by atoms with Crippen molar-refractivity contribution in [2.45, 2.75) is 30.1 Å². The van der Waals surface area contributed by atoms with Crippen LogP contribution < -0.4 is 9.47 Å². The van der Waals surface area contributed by atoms with E-state index >= 15 is 0 Å². The first-order valence-electron chi connectivity index (χ1n) is 9.89. The maximum absolute atomic E-state index is 12.9. The van der Waals surface area contributed by atoms with Crippen LogP contribution in [0.15, 0.2) is 52.3 Å². The monoisotopic (exact) mass is 470 g/mol. The van der Waals surface area contributed by atoms with Gasteiger partial charge in [0.25, 0.3) is 0 Å². The van der Waals surface area contributed by atoms with E-state index in [1.807, 2.05) is 12.1 Å². The summed E-state index contributed by atoms with van der Waals surface area (Å²) in [5.74, 6) is 1.18. The van der Waals surface area contributed by atoms with Gasteiger partial charge >= 0.3 is 0 Å². The van der Waals surface area contributed by atoms with E-state index in [2.05, 4.69) is 0 Å². The van der Waals surface area contributed by atoms with Gasteiger partial charge in [-0.2, -0.15) is 4.31 Å². The van der Waals surface area contributed by atoms with Gasteiger partial charge < -0.3 is 9.47 Å². The lowest BCUT2D eigenvalue weighted by atomic mass is 10.1. The lowest BCUT2D eigenvalue weighted by Crippen LogP contribution is -2.31. The first-order valence-corrected chi connectivity index (χ1v) is 12.8. The number of sulfonamides is 2. The second-order valence-corrected chi connectivity index (χ2v) is 10.8. The van der Waals surface area contributed by atoms with Gasteiger partial charge in [0, 0.05) is 26.7 Å². The van der Waals surface area contributed by atoms with Crippen molar-refractivity contribution in [1.29, 1.82) is 0 Å². The second-order valence-electron chi connectivity index (χ2n) is 6.83. The first-order chi connectivity index (χ1) is 14.6. The Bertz CT molecular complexity index is 1080. The molecule has 0 spiro atoms. The summed E-state index contributed by atoms with van der Waals surface area (Å²) in [5, 5.41) is 0. The van der Waals surface area contributed by atoms with Crippen LogP contribution in [-0.2, 0) is 26.5 Å². The van der Waals surface area contributed by atoms with Crippen LogP contribution in [0.3, 0.4) is 0 Å². The minimum atomic E-state index is -3.76. The fraction of sp³-hybridized carbons (Fsp3) is 0.429. The quantitative estimate of drug-likeness (QED) is 0.501. The summed E-state index contributed by atoms with van der Waals surface area (Å²) >= 11 is 0. The van der Waals surface area contributed by atoms with Crippen LogP contribution >= 0.6 is 0 Å². The van der Waals surface area contributed by atoms with Crippen LogP contribution in [0.1, 0.15) is 19.4 Å². The van der Waals surface area contributed by atoms with E-state index in [1.165, 1.54) is 39.9 Å². The zero-order valence-electron chi connectivity index (χ0n) is 18.5. The van der Waals surface area contributed by atoms with Gasteiger partial charge in [-0.1, -0.05) is 19.9 Å². The molecule has 0 atom stereocenters. The molecule has 0 aliphatic heterocycles. The van der Waals surface area contributed by atoms with Crippen molar-refractivity contribution in [1.82, 2.24) is 8.61 Å². The van der Waals surface area contributed by atoms with Gasteiger partial charge in [0.2, 0.25) is 20.0 Å². The molecular formula is C21H30N2O6S2. The Morgan fingerprint density at radius 3 is 1.77 bits per heavy atom. The van der Waals surface area contributed by atoms with Crippen LogP contribution in [0.4, 0.5) is 0 Å². The number of nitrogens with zero attached hydrogens (tertiary/aromatic N) is 2. The fourth-order valence-corrected chi connectivity index (χ4v) is 5.75. The molecule has 2 aromatic carbocycles. The molecule has 0 amide bonds. The van der Waals surface area contributed by atoms with Crippen molar-refractivity contribution in [3.05, 3.63) is 48.0 Å². The highest BCUT2D eigenvalue weighted by Gasteiger charge is 2.24. The van der Waals surface area contributed by atoms with E-state index in [9.17, 15) is 16.8 Å². The van der Waals surface area contributed by atoms with Crippen LogP contribution in [0, 0.1) is 0 Å². The van der Waals surface area contributed by atoms with E-state index in [4.69, 9.17) is 9.47 Å². The third-order valence-electron chi connectivity index (χ3n) is 5.04. The Hall–Kier alpha value is -2.14. The summed E-state index contributed by atoms with van der Waals surface area (Å²) in [7, 11) is -2.81. The molecular weight excluding hydrogens is 440 g/mol. The summed E-state index contributed by atoms with van der Waals surface area (Å²) in [5.41, 5.74) is 0.903. The summed E-state index contributed by atoms with van der Waals surface area (Å²) in [6, 6.07) is 10.8. The largest absolute Gasteiger partial charge is 0.493 e. The molecule has 172 valence electrons. The number of rotatable bonds is 11. The van der Waals surface area contributed by atoms with E-state index in [0.717, 1.165) is 5.56 Å². The van der Waals surface area contributed by atoms with Gasteiger partial charge in [-0.15, -0.1) is 0 Å². The lowest BCUT2D eigenvalue weighted by molar-refractivity contribution is 0.354. The molecule has 0 fully saturated rings. The third kappa shape index (κ3) is 5.57. The number of likely N-dealkylation sites (N-methyl/N-ethyl adjacent to an activating group) is 1. The molecule has 0 saturated heterocycles. The average Bonchev–Trinajstić information content (AvgIpc) is 2.77. The molecule has 0 bridgehead atoms. The molecule has 0 heterocycles. The van der Waals surface area contributed by atoms with Crippen molar-refractivity contribution in [2.75, 3.05) is 40.9 Å². The Kier molecular flexibility index (Phi) is 8.47. The van der Waals surface area contributed by atoms with Gasteiger partial charge in [-0.25, -0.2) is 21.1 Å². The lowest BCUT2D eigenvalue weighted by Gasteiger charge is -2.20. The zero-order valence-corrected chi connectivity index (χ0v) is 20.2. The third-order valence-corrected chi connectivity index (χ3v) is 8.97. The number of hydrogen-bond donors (Lipinski definition) is 0. The van der Waals surface area contributed by atoms with Crippen LogP contribution in [0.25, 0.3) is 0 Å². The van der Waals surface area contributed by atoms with Crippen molar-refractivity contribution < 1.29 is 26.3 Å². The van der Waals surface area contributed by atoms with Crippen LogP contribution in [0.5, 0.6) is 11.5 Å². The van der Waals surface area contributed by atoms with Crippen molar-refractivity contribution >= 4 is 20.0 Å². The predicted octanol–water partition coefficient (Wildman–Crippen LogP) is 2.60. The Labute approximate surface area is 185 Å². The summed E-state index contributed by atoms with van der Waals surface area (Å²) in [6.45, 7) is 4.45. The minimum Gasteiger partial charge on any atom is -0.493 e. The number of ether oxygens (including phenoxy) is 2. The normalized spacial score (nSPS) is 12.4. The Balaban J connectivity index is 2.16. The highest BCUT2D eigenvalue weighted by molar-refractivity contribution is 7.89. The molecule has 2 aromatic rings. The summed E-state index contributed by atoms with van der Waals surface area (Å²) in [6.07, 6.45) is 0.477. The molecule has 0 N–H and O–H groups in total. The second kappa shape index (κ2) is 10.4. The van der Waals surface area contributed by atoms with E-state index < -0.39 is 20.0 Å². The topological polar surface area (TPSA) is 93.2 Å². The average molecular weight is 471 g/mol. The number of methoxy groups -OCH3 is 2. The van der Waals surface area contributed by atoms with Gasteiger partial charge in [-0.05, 0) is 48.4 Å². The van der Waals surface area contributed by atoms with Crippen molar-refractivity contribution in [2.24, 2.45) is 0 Å². The minimum absolute atomic E-state index is 0.0424. The summed E-state index contributed by atoms with van der Waals surface area (Å²) in [4.78, 5) is 0.115. The van der Waals surface area contributed by atoms with E-state index in [0.29, 0.717) is 31.0 Å². The molecule has 10 heteroatoms. The standard InChI is InChI=1S/C21H30N2O6S2/c1-6-23(7-2)31(26,27)19-11-9-18(10-12-19)30(24,25)22(3)15-14-17-8-13-20(28-4)21(16-17)29-5/h8-13,16H,6-7,14-15H2,1-5H3. The smallest absolute Gasteiger partial charge is 0.243 e. The van der Waals surface area contributed by atoms with E-state index in [1.54, 1.807) is 34.1 Å². The zero-order chi connectivity index (χ0) is 23.2. The van der Waals surface area contributed by atoms with Crippen molar-refractivity contribution in [3.63, 3.8) is 0 Å². The Morgan fingerprint density at radius 1 is 0.774 bits per heavy atom. The molecule has 0 aliphatic rings. The molecule has 0 radical (unpaired) electrons. The molecule has 0 saturated carbocycles. The highest BCUT2D eigenvalue weighted by atomic mass is 32.2. The molecule has 31 heavy (non-hydrogen) atoms. The molecule has 0 unspecified atom stereocenters. The highest BCUT2D eigenvalue weighted by Crippen LogP contribution is 2.28. The maximum Gasteiger partial charge on any atom is 0.243 e. The molecule has 2 rings (SSSR count). The van der Waals surface area contributed by atoms with Gasteiger partial charge in [-0.3, -0.25) is 0 Å². The van der Waals surface area contributed by atoms with Crippen LogP contribution in [-0.4, -0.2) is 66.3 Å². The van der Waals surface area contributed by atoms with Gasteiger partial charge in [0.1, 0.15) is 0 Å².